The average Bonchev–Trinajstić information content (AvgIpc) is 3.25. The number of benzene rings is 1. The van der Waals surface area contributed by atoms with E-state index in [-0.39, 0.29) is 0 Å². The molecule has 4 aromatic rings. The highest BCUT2D eigenvalue weighted by molar-refractivity contribution is 5.82. The van der Waals surface area contributed by atoms with Crippen LogP contribution < -0.4 is 0 Å². The Morgan fingerprint density at radius 3 is 2.93 bits per heavy atom. The molecule has 27 heavy (non-hydrogen) atoms. The summed E-state index contributed by atoms with van der Waals surface area (Å²) in [4.78, 5) is 12.1. The van der Waals surface area contributed by atoms with E-state index in [1.807, 2.05) is 12.4 Å². The van der Waals surface area contributed by atoms with Crippen molar-refractivity contribution in [2.75, 3.05) is 13.1 Å². The van der Waals surface area contributed by atoms with Crippen LogP contribution in [0, 0.1) is 0 Å². The van der Waals surface area contributed by atoms with E-state index in [4.69, 9.17) is 4.98 Å². The van der Waals surface area contributed by atoms with Gasteiger partial charge in [0.2, 0.25) is 0 Å². The number of piperidine rings is 1. The summed E-state index contributed by atoms with van der Waals surface area (Å²) in [7, 11) is 0. The van der Waals surface area contributed by atoms with Crippen LogP contribution in [0.15, 0.2) is 48.9 Å². The number of hydrogen-bond donors (Lipinski definition) is 0. The molecular formula is C22H23N5. The highest BCUT2D eigenvalue weighted by Crippen LogP contribution is 2.29. The lowest BCUT2D eigenvalue weighted by Crippen LogP contribution is -2.40. The molecule has 0 radical (unpaired) electrons. The third kappa shape index (κ3) is 2.49. The molecule has 0 N–H and O–H groups in total. The maximum Gasteiger partial charge on any atom is 0.136 e. The van der Waals surface area contributed by atoms with Gasteiger partial charge in [-0.1, -0.05) is 12.5 Å². The molecule has 6 rings (SSSR count). The van der Waals surface area contributed by atoms with E-state index >= 15 is 0 Å². The molecule has 0 aliphatic carbocycles. The molecule has 0 spiro atoms. The Bertz CT molecular complexity index is 1140. The van der Waals surface area contributed by atoms with Gasteiger partial charge in [-0.15, -0.1) is 0 Å². The Morgan fingerprint density at radius 1 is 0.963 bits per heavy atom. The number of fused-ring (bicyclic) bond motifs is 5. The Balaban J connectivity index is 1.41. The summed E-state index contributed by atoms with van der Waals surface area (Å²) < 4.78 is 4.52. The summed E-state index contributed by atoms with van der Waals surface area (Å²) in [6.45, 7) is 3.47. The minimum absolute atomic E-state index is 0.680. The minimum atomic E-state index is 0.680. The van der Waals surface area contributed by atoms with Gasteiger partial charge in [-0.2, -0.15) is 0 Å². The second-order valence-electron chi connectivity index (χ2n) is 7.88. The molecule has 0 saturated carbocycles. The Labute approximate surface area is 158 Å². The molecule has 1 atom stereocenters. The monoisotopic (exact) mass is 357 g/mol. The number of imidazole rings is 2. The van der Waals surface area contributed by atoms with E-state index in [9.17, 15) is 0 Å². The molecular weight excluding hydrogens is 334 g/mol. The smallest absolute Gasteiger partial charge is 0.136 e. The van der Waals surface area contributed by atoms with Crippen LogP contribution >= 0.6 is 0 Å². The Hall–Kier alpha value is -2.66. The van der Waals surface area contributed by atoms with E-state index in [2.05, 4.69) is 55.4 Å². The summed E-state index contributed by atoms with van der Waals surface area (Å²) >= 11 is 0. The van der Waals surface area contributed by atoms with Crippen LogP contribution in [0.3, 0.4) is 0 Å². The van der Waals surface area contributed by atoms with Crippen molar-refractivity contribution in [3.05, 3.63) is 54.7 Å². The maximum atomic E-state index is 5.06. The molecule has 2 aliphatic rings. The van der Waals surface area contributed by atoms with Crippen molar-refractivity contribution in [2.45, 2.75) is 38.3 Å². The van der Waals surface area contributed by atoms with Gasteiger partial charge in [0, 0.05) is 44.1 Å². The first kappa shape index (κ1) is 15.4. The molecule has 1 unspecified atom stereocenters. The third-order valence-corrected chi connectivity index (χ3v) is 6.33. The van der Waals surface area contributed by atoms with Gasteiger partial charge in [-0.05, 0) is 54.8 Å². The van der Waals surface area contributed by atoms with Crippen molar-refractivity contribution in [3.63, 3.8) is 0 Å². The molecule has 5 heteroatoms. The second-order valence-corrected chi connectivity index (χ2v) is 7.88. The van der Waals surface area contributed by atoms with Crippen molar-refractivity contribution in [1.29, 1.82) is 0 Å². The molecule has 1 fully saturated rings. The first-order valence-electron chi connectivity index (χ1n) is 10.0. The van der Waals surface area contributed by atoms with E-state index < -0.39 is 0 Å². The summed E-state index contributed by atoms with van der Waals surface area (Å²) in [6, 6.07) is 11.6. The summed E-state index contributed by atoms with van der Waals surface area (Å²) in [5.41, 5.74) is 5.79. The van der Waals surface area contributed by atoms with Crippen LogP contribution in [0.5, 0.6) is 0 Å². The number of aromatic nitrogens is 4. The lowest BCUT2D eigenvalue weighted by molar-refractivity contribution is 0.152. The molecule has 0 bridgehead atoms. The fourth-order valence-electron chi connectivity index (χ4n) is 4.88. The summed E-state index contributed by atoms with van der Waals surface area (Å²) in [5.74, 6) is 1.27. The van der Waals surface area contributed by atoms with E-state index in [0.29, 0.717) is 6.04 Å². The van der Waals surface area contributed by atoms with E-state index in [0.717, 1.165) is 30.7 Å². The molecule has 136 valence electrons. The predicted octanol–water partition coefficient (Wildman–Crippen LogP) is 3.76. The molecule has 2 aliphatic heterocycles. The molecule has 5 nitrogen and oxygen atoms in total. The highest BCUT2D eigenvalue weighted by atomic mass is 15.2. The first-order chi connectivity index (χ1) is 13.3. The van der Waals surface area contributed by atoms with Gasteiger partial charge >= 0.3 is 0 Å². The number of hydrogen-bond acceptors (Lipinski definition) is 3. The maximum absolute atomic E-state index is 5.06. The Morgan fingerprint density at radius 2 is 1.93 bits per heavy atom. The van der Waals surface area contributed by atoms with Gasteiger partial charge in [-0.25, -0.2) is 9.97 Å². The first-order valence-corrected chi connectivity index (χ1v) is 10.0. The second kappa shape index (κ2) is 5.92. The predicted molar refractivity (Wildman–Crippen MR) is 107 cm³/mol. The topological polar surface area (TPSA) is 38.4 Å². The molecule has 1 saturated heterocycles. The van der Waals surface area contributed by atoms with Gasteiger partial charge < -0.3 is 8.97 Å². The van der Waals surface area contributed by atoms with Gasteiger partial charge in [0.05, 0.1) is 11.0 Å². The molecule has 0 amide bonds. The lowest BCUT2D eigenvalue weighted by atomic mass is 10.00. The molecule has 1 aromatic carbocycles. The largest absolute Gasteiger partial charge is 0.327 e. The highest BCUT2D eigenvalue weighted by Gasteiger charge is 2.27. The van der Waals surface area contributed by atoms with E-state index in [1.165, 1.54) is 48.3 Å². The van der Waals surface area contributed by atoms with Crippen molar-refractivity contribution >= 4 is 16.7 Å². The van der Waals surface area contributed by atoms with Crippen molar-refractivity contribution < 1.29 is 0 Å². The zero-order valence-corrected chi connectivity index (χ0v) is 15.4. The minimum Gasteiger partial charge on any atom is -0.327 e. The van der Waals surface area contributed by atoms with Gasteiger partial charge in [0.15, 0.2) is 0 Å². The fraction of sp³-hybridized carbons (Fsp3) is 0.364. The zero-order chi connectivity index (χ0) is 17.8. The van der Waals surface area contributed by atoms with Crippen molar-refractivity contribution in [1.82, 2.24) is 23.8 Å². The van der Waals surface area contributed by atoms with Crippen LogP contribution in [-0.2, 0) is 13.0 Å². The van der Waals surface area contributed by atoms with E-state index in [1.54, 1.807) is 0 Å². The average molecular weight is 357 g/mol. The van der Waals surface area contributed by atoms with Crippen LogP contribution in [0.4, 0.5) is 0 Å². The van der Waals surface area contributed by atoms with Crippen LogP contribution in [-0.4, -0.2) is 43.0 Å². The molecule has 5 heterocycles. The van der Waals surface area contributed by atoms with Crippen LogP contribution in [0.2, 0.25) is 0 Å². The number of nitrogens with zero attached hydrogens (tertiary/aromatic N) is 5. The quantitative estimate of drug-likeness (QED) is 0.521. The van der Waals surface area contributed by atoms with Gasteiger partial charge in [-0.3, -0.25) is 4.90 Å². The summed E-state index contributed by atoms with van der Waals surface area (Å²) in [6.07, 6.45) is 11.1. The van der Waals surface area contributed by atoms with Crippen LogP contribution in [0.25, 0.3) is 27.8 Å². The number of pyridine rings is 1. The lowest BCUT2D eigenvalue weighted by Gasteiger charge is -2.33. The van der Waals surface area contributed by atoms with Crippen molar-refractivity contribution in [2.24, 2.45) is 0 Å². The summed E-state index contributed by atoms with van der Waals surface area (Å²) in [5, 5.41) is 0. The van der Waals surface area contributed by atoms with Crippen molar-refractivity contribution in [3.8, 4) is 11.1 Å². The Kier molecular flexibility index (Phi) is 3.38. The standard InChI is InChI=1S/C22H23N5/c1-2-9-25-11-12-27-20-6-4-16(13-19(20)24-22(27)14-18(25)3-1)17-5-7-21-23-8-10-26(21)15-17/h4-8,10,13,15,18H,1-3,9,11-12,14H2. The SMILES string of the molecule is c1cn2cc(-c3ccc4c(c3)nc3n4CCN4CCCCC4C3)ccc2n1. The van der Waals surface area contributed by atoms with Gasteiger partial charge in [0.1, 0.15) is 11.5 Å². The zero-order valence-electron chi connectivity index (χ0n) is 15.4. The van der Waals surface area contributed by atoms with Gasteiger partial charge in [0.25, 0.3) is 0 Å². The third-order valence-electron chi connectivity index (χ3n) is 6.33. The molecule has 3 aromatic heterocycles. The number of rotatable bonds is 1. The normalized spacial score (nSPS) is 20.5. The van der Waals surface area contributed by atoms with Crippen LogP contribution in [0.1, 0.15) is 25.1 Å². The fourth-order valence-corrected chi connectivity index (χ4v) is 4.88.